The number of pyridine rings is 1. The van der Waals surface area contributed by atoms with Gasteiger partial charge in [-0.2, -0.15) is 0 Å². The van der Waals surface area contributed by atoms with Gasteiger partial charge in [-0.3, -0.25) is 0 Å². The average Bonchev–Trinajstić information content (AvgIpc) is 2.91. The maximum atomic E-state index is 14.8. The molecule has 2 aromatic heterocycles. The molecule has 0 radical (unpaired) electrons. The highest BCUT2D eigenvalue weighted by atomic mass is 19.1. The Morgan fingerprint density at radius 2 is 1.82 bits per heavy atom. The van der Waals surface area contributed by atoms with E-state index in [0.29, 0.717) is 48.9 Å². The van der Waals surface area contributed by atoms with Crippen LogP contribution < -0.4 is 15.5 Å². The fraction of sp³-hybridized carbons (Fsp3) is 0.414. The zero-order chi connectivity index (χ0) is 29.0. The van der Waals surface area contributed by atoms with Gasteiger partial charge in [-0.1, -0.05) is 19.9 Å². The van der Waals surface area contributed by atoms with Crippen molar-refractivity contribution in [3.05, 3.63) is 65.5 Å². The molecule has 0 atom stereocenters. The second kappa shape index (κ2) is 11.8. The summed E-state index contributed by atoms with van der Waals surface area (Å²) in [6, 6.07) is 3.74. The van der Waals surface area contributed by atoms with E-state index in [1.54, 1.807) is 29.3 Å². The Bertz CT molecular complexity index is 1350. The predicted octanol–water partition coefficient (Wildman–Crippen LogP) is 4.91. The van der Waals surface area contributed by atoms with Crippen molar-refractivity contribution in [1.29, 1.82) is 5.41 Å². The lowest BCUT2D eigenvalue weighted by Crippen LogP contribution is -2.50. The van der Waals surface area contributed by atoms with E-state index >= 15 is 0 Å². The third-order valence-electron chi connectivity index (χ3n) is 6.46. The standard InChI is InChI=1S/C29H37FN8O2/c1-18(2)25(32-6)21-15-19(7-9-23(21)31)26-22(30)17-34-27(36-26)35-24-10-8-20(16-33-24)37-11-13-38(14-12-37)28(39)40-29(3,4)5/h7-10,15-18,31-32H,11-14H2,1-6H3,(H,33,34,35,36)/b25-21-,31-23?. The number of hydrogen-bond acceptors (Lipinski definition) is 9. The van der Waals surface area contributed by atoms with E-state index in [1.165, 1.54) is 0 Å². The van der Waals surface area contributed by atoms with Crippen LogP contribution in [-0.2, 0) is 4.74 Å². The summed E-state index contributed by atoms with van der Waals surface area (Å²) in [6.45, 7) is 12.1. The predicted molar refractivity (Wildman–Crippen MR) is 155 cm³/mol. The lowest BCUT2D eigenvalue weighted by Gasteiger charge is -2.36. The van der Waals surface area contributed by atoms with Crippen LogP contribution in [0.3, 0.4) is 0 Å². The number of carbonyl (C=O) groups excluding carboxylic acids is 1. The number of aromatic nitrogens is 3. The molecule has 212 valence electrons. The second-order valence-corrected chi connectivity index (χ2v) is 10.9. The van der Waals surface area contributed by atoms with Crippen molar-refractivity contribution in [3.63, 3.8) is 0 Å². The van der Waals surface area contributed by atoms with Gasteiger partial charge in [0.15, 0.2) is 5.82 Å². The molecule has 2 aromatic rings. The van der Waals surface area contributed by atoms with Crippen molar-refractivity contribution in [2.45, 2.75) is 40.2 Å². The van der Waals surface area contributed by atoms with Crippen LogP contribution in [0, 0.1) is 17.1 Å². The summed E-state index contributed by atoms with van der Waals surface area (Å²) in [4.78, 5) is 29.2. The second-order valence-electron chi connectivity index (χ2n) is 10.9. The summed E-state index contributed by atoms with van der Waals surface area (Å²) in [5.41, 5.74) is 3.05. The summed E-state index contributed by atoms with van der Waals surface area (Å²) in [5, 5.41) is 14.5. The number of allylic oxidation sites excluding steroid dienone is 6. The molecule has 40 heavy (non-hydrogen) atoms. The van der Waals surface area contributed by atoms with E-state index in [1.807, 2.05) is 53.8 Å². The summed E-state index contributed by atoms with van der Waals surface area (Å²) in [5.74, 6) is 0.334. The minimum atomic E-state index is -0.557. The molecule has 3 N–H and O–H groups in total. The van der Waals surface area contributed by atoms with Crippen LogP contribution in [-0.4, -0.2) is 70.5 Å². The van der Waals surface area contributed by atoms with Gasteiger partial charge in [-0.05, 0) is 51.0 Å². The van der Waals surface area contributed by atoms with E-state index in [4.69, 9.17) is 10.1 Å². The van der Waals surface area contributed by atoms with Crippen LogP contribution in [0.15, 0.2) is 54.0 Å². The van der Waals surface area contributed by atoms with Gasteiger partial charge in [0.05, 0.1) is 23.8 Å². The lowest BCUT2D eigenvalue weighted by atomic mass is 9.93. The van der Waals surface area contributed by atoms with Gasteiger partial charge in [0.25, 0.3) is 0 Å². The van der Waals surface area contributed by atoms with E-state index in [2.05, 4.69) is 30.5 Å². The minimum absolute atomic E-state index is 0.137. The van der Waals surface area contributed by atoms with Gasteiger partial charge in [-0.25, -0.2) is 24.1 Å². The Balaban J connectivity index is 1.45. The maximum Gasteiger partial charge on any atom is 0.410 e. The van der Waals surface area contributed by atoms with Crippen molar-refractivity contribution >= 4 is 34.8 Å². The van der Waals surface area contributed by atoms with Crippen LogP contribution in [0.4, 0.5) is 26.6 Å². The number of ether oxygens (including phenoxy) is 1. The van der Waals surface area contributed by atoms with Crippen molar-refractivity contribution < 1.29 is 13.9 Å². The zero-order valence-electron chi connectivity index (χ0n) is 23.9. The summed E-state index contributed by atoms with van der Waals surface area (Å²) in [7, 11) is 1.82. The Morgan fingerprint density at radius 1 is 1.10 bits per heavy atom. The van der Waals surface area contributed by atoms with Gasteiger partial charge in [-0.15, -0.1) is 0 Å². The number of hydrogen-bond donors (Lipinski definition) is 3. The smallest absolute Gasteiger partial charge is 0.410 e. The molecule has 11 heteroatoms. The fourth-order valence-electron chi connectivity index (χ4n) is 4.51. The SMILES string of the molecule is CN/C(=C1/C=C(c2nc(Nc3ccc(N4CCN(C(=O)OC(C)(C)C)CC4)cn3)ncc2F)C=CC1=N)C(C)C. The van der Waals surface area contributed by atoms with E-state index in [-0.39, 0.29) is 23.7 Å². The molecule has 2 aliphatic rings. The Morgan fingerprint density at radius 3 is 2.42 bits per heavy atom. The van der Waals surface area contributed by atoms with Crippen molar-refractivity contribution in [2.24, 2.45) is 5.92 Å². The van der Waals surface area contributed by atoms with Crippen LogP contribution in [0.1, 0.15) is 40.3 Å². The summed E-state index contributed by atoms with van der Waals surface area (Å²) >= 11 is 0. The molecule has 1 fully saturated rings. The first-order valence-electron chi connectivity index (χ1n) is 13.3. The molecular weight excluding hydrogens is 511 g/mol. The molecular formula is C29H37FN8O2. The molecule has 4 rings (SSSR count). The first-order chi connectivity index (χ1) is 18.9. The first-order valence-corrected chi connectivity index (χ1v) is 13.3. The normalized spacial score (nSPS) is 17.1. The minimum Gasteiger partial charge on any atom is -0.444 e. The van der Waals surface area contributed by atoms with Gasteiger partial charge in [0.1, 0.15) is 17.1 Å². The average molecular weight is 549 g/mol. The van der Waals surface area contributed by atoms with Crippen LogP contribution >= 0.6 is 0 Å². The number of nitrogens with one attached hydrogen (secondary N) is 3. The van der Waals surface area contributed by atoms with E-state index in [9.17, 15) is 9.18 Å². The van der Waals surface area contributed by atoms with E-state index in [0.717, 1.165) is 17.6 Å². The molecule has 0 saturated carbocycles. The van der Waals surface area contributed by atoms with Gasteiger partial charge in [0.2, 0.25) is 5.95 Å². The molecule has 0 unspecified atom stereocenters. The lowest BCUT2D eigenvalue weighted by molar-refractivity contribution is 0.0240. The largest absolute Gasteiger partial charge is 0.444 e. The zero-order valence-corrected chi connectivity index (χ0v) is 23.9. The maximum absolute atomic E-state index is 14.8. The highest BCUT2D eigenvalue weighted by molar-refractivity contribution is 6.13. The Hall–Kier alpha value is -4.28. The molecule has 1 amide bonds. The molecule has 0 bridgehead atoms. The topological polar surface area (TPSA) is 119 Å². The highest BCUT2D eigenvalue weighted by Crippen LogP contribution is 2.28. The van der Waals surface area contributed by atoms with E-state index < -0.39 is 11.4 Å². The molecule has 3 heterocycles. The number of piperazine rings is 1. The Labute approximate surface area is 234 Å². The number of nitrogens with zero attached hydrogens (tertiary/aromatic N) is 5. The fourth-order valence-corrected chi connectivity index (χ4v) is 4.51. The van der Waals surface area contributed by atoms with Crippen LogP contribution in [0.5, 0.6) is 0 Å². The summed E-state index contributed by atoms with van der Waals surface area (Å²) < 4.78 is 20.3. The molecule has 0 spiro atoms. The van der Waals surface area contributed by atoms with Crippen molar-refractivity contribution in [2.75, 3.05) is 43.4 Å². The number of anilines is 3. The molecule has 1 aliphatic heterocycles. The third kappa shape index (κ3) is 6.83. The van der Waals surface area contributed by atoms with Gasteiger partial charge >= 0.3 is 6.09 Å². The summed E-state index contributed by atoms with van der Waals surface area (Å²) in [6.07, 6.45) is 7.69. The number of rotatable bonds is 6. The van der Waals surface area contributed by atoms with Crippen molar-refractivity contribution in [3.8, 4) is 0 Å². The quantitative estimate of drug-likeness (QED) is 0.466. The first kappa shape index (κ1) is 28.7. The van der Waals surface area contributed by atoms with Crippen molar-refractivity contribution in [1.82, 2.24) is 25.2 Å². The molecule has 1 aliphatic carbocycles. The molecule has 10 nitrogen and oxygen atoms in total. The van der Waals surface area contributed by atoms with Crippen LogP contribution in [0.25, 0.3) is 5.57 Å². The third-order valence-corrected chi connectivity index (χ3v) is 6.46. The molecule has 1 saturated heterocycles. The highest BCUT2D eigenvalue weighted by Gasteiger charge is 2.26. The van der Waals surface area contributed by atoms with Gasteiger partial charge in [0, 0.05) is 50.1 Å². The number of halogens is 1. The molecule has 0 aromatic carbocycles. The number of carbonyl (C=O) groups is 1. The van der Waals surface area contributed by atoms with Gasteiger partial charge < -0.3 is 30.6 Å². The van der Waals surface area contributed by atoms with Crippen LogP contribution in [0.2, 0.25) is 0 Å². The Kier molecular flexibility index (Phi) is 8.51. The number of amides is 1. The monoisotopic (exact) mass is 548 g/mol.